The lowest BCUT2D eigenvalue weighted by Gasteiger charge is -2.37. The average Bonchev–Trinajstić information content (AvgIpc) is 3.34. The second-order valence-electron chi connectivity index (χ2n) is 6.48. The molecule has 8 heteroatoms. The van der Waals surface area contributed by atoms with Crippen molar-refractivity contribution < 1.29 is 9.21 Å². The molecule has 0 N–H and O–H groups in total. The summed E-state index contributed by atoms with van der Waals surface area (Å²) in [6.07, 6.45) is 0. The van der Waals surface area contributed by atoms with Gasteiger partial charge in [0.05, 0.1) is 17.5 Å². The highest BCUT2D eigenvalue weighted by Gasteiger charge is 2.27. The molecule has 142 valence electrons. The molecule has 1 aliphatic heterocycles. The van der Waals surface area contributed by atoms with Crippen molar-refractivity contribution in [1.29, 1.82) is 0 Å². The monoisotopic (exact) mass is 377 g/mol. The van der Waals surface area contributed by atoms with Gasteiger partial charge in [0.15, 0.2) is 0 Å². The van der Waals surface area contributed by atoms with E-state index < -0.39 is 0 Å². The number of likely N-dealkylation sites (N-methyl/N-ethyl adjacent to an activating group) is 1. The van der Waals surface area contributed by atoms with Crippen LogP contribution in [0.3, 0.4) is 0 Å². The number of carbonyl (C=O) groups excluding carboxylic acids is 1. The van der Waals surface area contributed by atoms with Crippen molar-refractivity contribution in [2.45, 2.75) is 26.8 Å². The van der Waals surface area contributed by atoms with E-state index in [0.717, 1.165) is 44.1 Å². The average molecular weight is 378 g/mol. The Kier molecular flexibility index (Phi) is 6.39. The van der Waals surface area contributed by atoms with E-state index in [1.54, 1.807) is 11.3 Å². The number of carbonyl (C=O) groups is 1. The van der Waals surface area contributed by atoms with Crippen molar-refractivity contribution in [3.05, 3.63) is 23.4 Å². The van der Waals surface area contributed by atoms with Gasteiger partial charge in [0, 0.05) is 39.3 Å². The van der Waals surface area contributed by atoms with Gasteiger partial charge in [0.25, 0.3) is 5.89 Å². The molecule has 0 bridgehead atoms. The molecule has 2 aromatic heterocycles. The Hall–Kier alpha value is -1.77. The van der Waals surface area contributed by atoms with E-state index in [4.69, 9.17) is 4.42 Å². The van der Waals surface area contributed by atoms with E-state index in [0.29, 0.717) is 18.3 Å². The molecule has 1 saturated heterocycles. The molecule has 0 radical (unpaired) electrons. The Balaban J connectivity index is 1.52. The van der Waals surface area contributed by atoms with Gasteiger partial charge in [0.1, 0.15) is 0 Å². The molecule has 0 saturated carbocycles. The predicted molar refractivity (Wildman–Crippen MR) is 102 cm³/mol. The maximum absolute atomic E-state index is 12.3. The Morgan fingerprint density at radius 2 is 2.00 bits per heavy atom. The van der Waals surface area contributed by atoms with Crippen molar-refractivity contribution in [3.8, 4) is 10.8 Å². The Morgan fingerprint density at radius 3 is 2.62 bits per heavy atom. The number of rotatable bonds is 7. The molecular formula is C18H27N5O2S. The van der Waals surface area contributed by atoms with Crippen LogP contribution in [0, 0.1) is 0 Å². The third-order valence-corrected chi connectivity index (χ3v) is 5.82. The van der Waals surface area contributed by atoms with Crippen LogP contribution in [0.25, 0.3) is 10.8 Å². The fourth-order valence-electron chi connectivity index (χ4n) is 3.24. The van der Waals surface area contributed by atoms with Crippen molar-refractivity contribution in [1.82, 2.24) is 24.9 Å². The Labute approximate surface area is 158 Å². The topological polar surface area (TPSA) is 65.7 Å². The lowest BCUT2D eigenvalue weighted by molar-refractivity contribution is -0.132. The van der Waals surface area contributed by atoms with Crippen molar-refractivity contribution >= 4 is 17.2 Å². The van der Waals surface area contributed by atoms with Gasteiger partial charge in [-0.2, -0.15) is 0 Å². The summed E-state index contributed by atoms with van der Waals surface area (Å²) in [5.41, 5.74) is 0. The molecule has 1 amide bonds. The first-order valence-electron chi connectivity index (χ1n) is 9.23. The lowest BCUT2D eigenvalue weighted by Crippen LogP contribution is -2.50. The van der Waals surface area contributed by atoms with Crippen LogP contribution in [0.1, 0.15) is 32.7 Å². The van der Waals surface area contributed by atoms with Crippen molar-refractivity contribution in [2.75, 3.05) is 45.8 Å². The van der Waals surface area contributed by atoms with Crippen molar-refractivity contribution in [2.24, 2.45) is 0 Å². The van der Waals surface area contributed by atoms with Crippen LogP contribution in [0.15, 0.2) is 21.9 Å². The van der Waals surface area contributed by atoms with Gasteiger partial charge in [-0.1, -0.05) is 6.07 Å². The van der Waals surface area contributed by atoms with Gasteiger partial charge >= 0.3 is 0 Å². The molecular weight excluding hydrogens is 350 g/mol. The van der Waals surface area contributed by atoms with Crippen LogP contribution in [-0.2, 0) is 4.79 Å². The van der Waals surface area contributed by atoms with Crippen LogP contribution < -0.4 is 0 Å². The third-order valence-electron chi connectivity index (χ3n) is 4.96. The summed E-state index contributed by atoms with van der Waals surface area (Å²) >= 11 is 1.60. The summed E-state index contributed by atoms with van der Waals surface area (Å²) < 4.78 is 5.87. The molecule has 1 unspecified atom stereocenters. The standard InChI is InChI=1S/C18H27N5O2S/c1-4-22(5-2)16(24)13-21-8-10-23(11-9-21)14(3)17-19-20-18(25-17)15-7-6-12-26-15/h6-7,12,14H,4-5,8-11,13H2,1-3H3. The molecule has 2 aromatic rings. The normalized spacial score (nSPS) is 17.3. The molecule has 1 fully saturated rings. The zero-order valence-electron chi connectivity index (χ0n) is 15.7. The SMILES string of the molecule is CCN(CC)C(=O)CN1CCN(C(C)c2nnc(-c3cccs3)o2)CC1. The number of amides is 1. The number of nitrogens with zero attached hydrogens (tertiary/aromatic N) is 5. The van der Waals surface area contributed by atoms with Crippen LogP contribution >= 0.6 is 11.3 Å². The van der Waals surface area contributed by atoms with E-state index in [9.17, 15) is 4.79 Å². The van der Waals surface area contributed by atoms with Crippen molar-refractivity contribution in [3.63, 3.8) is 0 Å². The maximum Gasteiger partial charge on any atom is 0.257 e. The Bertz CT molecular complexity index is 690. The zero-order chi connectivity index (χ0) is 18.5. The van der Waals surface area contributed by atoms with E-state index >= 15 is 0 Å². The highest BCUT2D eigenvalue weighted by molar-refractivity contribution is 7.13. The molecule has 0 aliphatic carbocycles. The fourth-order valence-corrected chi connectivity index (χ4v) is 3.88. The van der Waals surface area contributed by atoms with Gasteiger partial charge < -0.3 is 9.32 Å². The van der Waals surface area contributed by atoms with E-state index in [2.05, 4.69) is 26.9 Å². The van der Waals surface area contributed by atoms with Crippen LogP contribution in [0.5, 0.6) is 0 Å². The zero-order valence-corrected chi connectivity index (χ0v) is 16.5. The quantitative estimate of drug-likeness (QED) is 0.738. The lowest BCUT2D eigenvalue weighted by atomic mass is 10.2. The molecule has 7 nitrogen and oxygen atoms in total. The highest BCUT2D eigenvalue weighted by atomic mass is 32.1. The summed E-state index contributed by atoms with van der Waals surface area (Å²) in [7, 11) is 0. The maximum atomic E-state index is 12.3. The van der Waals surface area contributed by atoms with Gasteiger partial charge in [-0.05, 0) is 32.2 Å². The molecule has 26 heavy (non-hydrogen) atoms. The van der Waals surface area contributed by atoms with Crippen LogP contribution in [0.2, 0.25) is 0 Å². The highest BCUT2D eigenvalue weighted by Crippen LogP contribution is 2.27. The molecule has 0 aromatic carbocycles. The van der Waals surface area contributed by atoms with Gasteiger partial charge in [0.2, 0.25) is 11.8 Å². The van der Waals surface area contributed by atoms with Crippen LogP contribution in [-0.4, -0.2) is 76.6 Å². The smallest absolute Gasteiger partial charge is 0.257 e. The number of piperazine rings is 1. The Morgan fingerprint density at radius 1 is 1.27 bits per heavy atom. The summed E-state index contributed by atoms with van der Waals surface area (Å²) in [4.78, 5) is 19.7. The number of thiophene rings is 1. The number of hydrogen-bond acceptors (Lipinski definition) is 7. The summed E-state index contributed by atoms with van der Waals surface area (Å²) in [5, 5.41) is 10.4. The van der Waals surface area contributed by atoms with Crippen LogP contribution in [0.4, 0.5) is 0 Å². The summed E-state index contributed by atoms with van der Waals surface area (Å²) in [6, 6.07) is 4.04. The minimum Gasteiger partial charge on any atom is -0.418 e. The largest absolute Gasteiger partial charge is 0.418 e. The van der Waals surface area contributed by atoms with E-state index in [-0.39, 0.29) is 11.9 Å². The van der Waals surface area contributed by atoms with Gasteiger partial charge in [-0.15, -0.1) is 21.5 Å². The third kappa shape index (κ3) is 4.31. The minimum atomic E-state index is 0.0804. The predicted octanol–water partition coefficient (Wildman–Crippen LogP) is 2.35. The molecule has 3 heterocycles. The first kappa shape index (κ1) is 19.0. The van der Waals surface area contributed by atoms with Gasteiger partial charge in [-0.3, -0.25) is 14.6 Å². The summed E-state index contributed by atoms with van der Waals surface area (Å²) in [6.45, 7) is 11.7. The van der Waals surface area contributed by atoms with E-state index in [1.807, 2.05) is 36.3 Å². The fraction of sp³-hybridized carbons (Fsp3) is 0.611. The first-order chi connectivity index (χ1) is 12.6. The summed E-state index contributed by atoms with van der Waals surface area (Å²) in [5.74, 6) is 1.46. The molecule has 1 aliphatic rings. The number of hydrogen-bond donors (Lipinski definition) is 0. The molecule has 3 rings (SSSR count). The second kappa shape index (κ2) is 8.75. The minimum absolute atomic E-state index is 0.0804. The number of aromatic nitrogens is 2. The second-order valence-corrected chi connectivity index (χ2v) is 7.42. The molecule has 0 spiro atoms. The first-order valence-corrected chi connectivity index (χ1v) is 10.1. The van der Waals surface area contributed by atoms with Gasteiger partial charge in [-0.25, -0.2) is 0 Å². The van der Waals surface area contributed by atoms with E-state index in [1.165, 1.54) is 0 Å². The molecule has 1 atom stereocenters.